The molecule has 0 bridgehead atoms. The summed E-state index contributed by atoms with van der Waals surface area (Å²) in [4.78, 5) is 33.8. The fourth-order valence-corrected chi connectivity index (χ4v) is 6.25. The van der Waals surface area contributed by atoms with E-state index in [0.29, 0.717) is 58.2 Å². The monoisotopic (exact) mass is 578 g/mol. The Morgan fingerprint density at radius 3 is 2.58 bits per heavy atom. The first-order valence-electron chi connectivity index (χ1n) is 13.2. The summed E-state index contributed by atoms with van der Waals surface area (Å²) in [5, 5.41) is 13.3. The number of unbranched alkanes of at least 4 members (excludes halogenated alkanes) is 1. The first-order valence-corrected chi connectivity index (χ1v) is 14.9. The van der Waals surface area contributed by atoms with E-state index in [9.17, 15) is 14.7 Å². The number of Topliss-reactive ketones (excluding diaryl/α,β-unsaturated/α-hetero) is 1. The molecule has 208 valence electrons. The average Bonchev–Trinajstić information content (AvgIpc) is 3.68. The molecule has 1 aliphatic heterocycles. The Hall–Kier alpha value is -3.89. The Labute approximate surface area is 240 Å². The topological polar surface area (TPSA) is 98.2 Å². The number of benzene rings is 2. The molecule has 1 N–H and O–H groups in total. The van der Waals surface area contributed by atoms with E-state index in [4.69, 9.17) is 19.2 Å². The Morgan fingerprint density at radius 1 is 1.02 bits per heavy atom. The third-order valence-electron chi connectivity index (χ3n) is 6.40. The normalized spacial score (nSPS) is 15.2. The predicted octanol–water partition coefficient (Wildman–Crippen LogP) is 7.12. The number of thiophene rings is 1. The second-order valence-electron chi connectivity index (χ2n) is 9.05. The zero-order valence-electron chi connectivity index (χ0n) is 22.5. The minimum absolute atomic E-state index is 0.00353. The van der Waals surface area contributed by atoms with Crippen LogP contribution < -0.4 is 19.1 Å². The molecule has 0 aliphatic carbocycles. The number of thiazole rings is 1. The number of ether oxygens (including phenoxy) is 3. The van der Waals surface area contributed by atoms with Gasteiger partial charge in [0.25, 0.3) is 5.91 Å². The number of hydrogen-bond acceptors (Lipinski definition) is 9. The van der Waals surface area contributed by atoms with Crippen molar-refractivity contribution >= 4 is 49.7 Å². The van der Waals surface area contributed by atoms with Crippen LogP contribution in [0.4, 0.5) is 5.13 Å². The number of fused-ring (bicyclic) bond motifs is 1. The number of carbonyl (C=O) groups excluding carboxylic acids is 2. The second kappa shape index (κ2) is 12.1. The molecule has 10 heteroatoms. The lowest BCUT2D eigenvalue weighted by Gasteiger charge is -2.25. The van der Waals surface area contributed by atoms with Gasteiger partial charge in [-0.05, 0) is 67.6 Å². The highest BCUT2D eigenvalue weighted by molar-refractivity contribution is 7.22. The van der Waals surface area contributed by atoms with E-state index in [1.54, 1.807) is 35.7 Å². The van der Waals surface area contributed by atoms with Crippen LogP contribution in [0.2, 0.25) is 0 Å². The van der Waals surface area contributed by atoms with Crippen LogP contribution in [0.1, 0.15) is 54.9 Å². The summed E-state index contributed by atoms with van der Waals surface area (Å²) in [7, 11) is 0. The number of ketones is 1. The largest absolute Gasteiger partial charge is 0.503 e. The zero-order valence-corrected chi connectivity index (χ0v) is 24.1. The van der Waals surface area contributed by atoms with E-state index < -0.39 is 23.5 Å². The minimum Gasteiger partial charge on any atom is -0.503 e. The van der Waals surface area contributed by atoms with Gasteiger partial charge in [-0.1, -0.05) is 36.8 Å². The fraction of sp³-hybridized carbons (Fsp3) is 0.300. The molecular weight excluding hydrogens is 548 g/mol. The van der Waals surface area contributed by atoms with E-state index in [-0.39, 0.29) is 5.57 Å². The summed E-state index contributed by atoms with van der Waals surface area (Å²) >= 11 is 2.55. The molecule has 0 fully saturated rings. The van der Waals surface area contributed by atoms with Gasteiger partial charge in [0.1, 0.15) is 5.75 Å². The van der Waals surface area contributed by atoms with E-state index in [1.807, 2.05) is 32.0 Å². The molecule has 5 rings (SSSR count). The highest BCUT2D eigenvalue weighted by Crippen LogP contribution is 2.46. The maximum Gasteiger partial charge on any atom is 0.296 e. The number of aliphatic hydroxyl groups excluding tert-OH is 1. The van der Waals surface area contributed by atoms with Gasteiger partial charge in [0.15, 0.2) is 22.4 Å². The highest BCUT2D eigenvalue weighted by Gasteiger charge is 2.46. The van der Waals surface area contributed by atoms with Gasteiger partial charge in [-0.25, -0.2) is 4.98 Å². The molecule has 1 atom stereocenters. The van der Waals surface area contributed by atoms with Gasteiger partial charge in [0.2, 0.25) is 5.78 Å². The van der Waals surface area contributed by atoms with Crippen LogP contribution in [0.3, 0.4) is 0 Å². The summed E-state index contributed by atoms with van der Waals surface area (Å²) < 4.78 is 18.3. The molecule has 0 saturated heterocycles. The molecule has 2 aromatic heterocycles. The van der Waals surface area contributed by atoms with Crippen LogP contribution in [-0.4, -0.2) is 41.6 Å². The third-order valence-corrected chi connectivity index (χ3v) is 8.29. The molecule has 1 unspecified atom stereocenters. The highest BCUT2D eigenvalue weighted by atomic mass is 32.1. The summed E-state index contributed by atoms with van der Waals surface area (Å²) in [6.45, 7) is 7.35. The van der Waals surface area contributed by atoms with Crippen molar-refractivity contribution in [3.8, 4) is 17.2 Å². The smallest absolute Gasteiger partial charge is 0.296 e. The number of nitrogens with zero attached hydrogens (tertiary/aromatic N) is 2. The van der Waals surface area contributed by atoms with Gasteiger partial charge in [-0.3, -0.25) is 14.5 Å². The predicted molar refractivity (Wildman–Crippen MR) is 157 cm³/mol. The maximum absolute atomic E-state index is 13.7. The average molecular weight is 579 g/mol. The molecule has 2 aromatic carbocycles. The van der Waals surface area contributed by atoms with Gasteiger partial charge in [0.05, 0.1) is 46.5 Å². The van der Waals surface area contributed by atoms with Crippen molar-refractivity contribution in [3.05, 3.63) is 75.7 Å². The van der Waals surface area contributed by atoms with Crippen LogP contribution in [0.25, 0.3) is 10.2 Å². The van der Waals surface area contributed by atoms with E-state index in [1.165, 1.54) is 27.6 Å². The van der Waals surface area contributed by atoms with Gasteiger partial charge >= 0.3 is 0 Å². The lowest BCUT2D eigenvalue weighted by atomic mass is 9.95. The van der Waals surface area contributed by atoms with Crippen molar-refractivity contribution < 1.29 is 28.9 Å². The van der Waals surface area contributed by atoms with Crippen molar-refractivity contribution in [1.29, 1.82) is 0 Å². The molecule has 3 heterocycles. The third kappa shape index (κ3) is 5.29. The van der Waals surface area contributed by atoms with Crippen molar-refractivity contribution in [3.63, 3.8) is 0 Å². The Balaban J connectivity index is 1.62. The van der Waals surface area contributed by atoms with Crippen molar-refractivity contribution in [1.82, 2.24) is 4.98 Å². The molecule has 1 amide bonds. The standard InChI is InChI=1S/C30H30N2O6S2/c1-4-7-14-38-21-13-10-18(16-22(21)37-6-3)26-25(27(33)23-9-8-15-39-23)28(34)29(35)32(26)30-31-20-12-11-19(36-5-2)17-24(20)40-30/h8-13,15-17,26,34H,4-7,14H2,1-3H3. The Kier molecular flexibility index (Phi) is 8.37. The minimum atomic E-state index is -0.919. The van der Waals surface area contributed by atoms with E-state index >= 15 is 0 Å². The van der Waals surface area contributed by atoms with Crippen LogP contribution in [0.15, 0.2) is 65.2 Å². The lowest BCUT2D eigenvalue weighted by Crippen LogP contribution is -2.31. The zero-order chi connectivity index (χ0) is 28.2. The van der Waals surface area contributed by atoms with Crippen LogP contribution in [0, 0.1) is 0 Å². The van der Waals surface area contributed by atoms with Crippen molar-refractivity contribution in [2.24, 2.45) is 0 Å². The van der Waals surface area contributed by atoms with E-state index in [2.05, 4.69) is 6.92 Å². The number of aromatic nitrogens is 1. The van der Waals surface area contributed by atoms with E-state index in [0.717, 1.165) is 17.5 Å². The molecular formula is C30H30N2O6S2. The van der Waals surface area contributed by atoms with Gasteiger partial charge in [-0.2, -0.15) is 0 Å². The molecule has 0 saturated carbocycles. The number of anilines is 1. The lowest BCUT2D eigenvalue weighted by molar-refractivity contribution is -0.117. The first-order chi connectivity index (χ1) is 19.5. The van der Waals surface area contributed by atoms with Gasteiger partial charge < -0.3 is 19.3 Å². The number of rotatable bonds is 12. The number of hydrogen-bond donors (Lipinski definition) is 1. The quantitative estimate of drug-likeness (QED) is 0.141. The Bertz CT molecular complexity index is 1560. The molecule has 8 nitrogen and oxygen atoms in total. The second-order valence-corrected chi connectivity index (χ2v) is 11.0. The SMILES string of the molecule is CCCCOc1ccc(C2C(C(=O)c3cccs3)=C(O)C(=O)N2c2nc3ccc(OCC)cc3s2)cc1OCC. The van der Waals surface area contributed by atoms with Crippen LogP contribution in [0.5, 0.6) is 17.2 Å². The van der Waals surface area contributed by atoms with Crippen molar-refractivity contribution in [2.45, 2.75) is 39.7 Å². The maximum atomic E-state index is 13.7. The van der Waals surface area contributed by atoms with Crippen LogP contribution in [-0.2, 0) is 4.79 Å². The number of aliphatic hydroxyl groups is 1. The summed E-state index contributed by atoms with van der Waals surface area (Å²) in [5.74, 6) is 0.105. The molecule has 1 aliphatic rings. The Morgan fingerprint density at radius 2 is 1.85 bits per heavy atom. The van der Waals surface area contributed by atoms with Gasteiger partial charge in [0, 0.05) is 0 Å². The summed E-state index contributed by atoms with van der Waals surface area (Å²) in [6.07, 6.45) is 1.89. The first kappa shape index (κ1) is 27.7. The number of amides is 1. The summed E-state index contributed by atoms with van der Waals surface area (Å²) in [6, 6.07) is 13.4. The van der Waals surface area contributed by atoms with Gasteiger partial charge in [-0.15, -0.1) is 11.3 Å². The summed E-state index contributed by atoms with van der Waals surface area (Å²) in [5.41, 5.74) is 1.28. The fourth-order valence-electron chi connectivity index (χ4n) is 4.55. The molecule has 0 radical (unpaired) electrons. The molecule has 0 spiro atoms. The van der Waals surface area contributed by atoms with Crippen LogP contribution >= 0.6 is 22.7 Å². The molecule has 40 heavy (non-hydrogen) atoms. The number of carbonyl (C=O) groups is 2. The molecule has 4 aromatic rings. The van der Waals surface area contributed by atoms with Crippen molar-refractivity contribution in [2.75, 3.05) is 24.7 Å².